The van der Waals surface area contributed by atoms with E-state index in [1.165, 1.54) is 17.5 Å². The Bertz CT molecular complexity index is 529. The van der Waals surface area contributed by atoms with E-state index >= 15 is 0 Å². The van der Waals surface area contributed by atoms with Crippen molar-refractivity contribution in [1.29, 1.82) is 0 Å². The third-order valence-corrected chi connectivity index (χ3v) is 4.42. The number of nitrogens with one attached hydrogen (secondary N) is 1. The number of rotatable bonds is 5. The molecule has 4 nitrogen and oxygen atoms in total. The van der Waals surface area contributed by atoms with Gasteiger partial charge >= 0.3 is 0 Å². The summed E-state index contributed by atoms with van der Waals surface area (Å²) in [6.45, 7) is 6.89. The van der Waals surface area contributed by atoms with E-state index in [1.54, 1.807) is 27.7 Å². The number of hydrogen-bond acceptors (Lipinski definition) is 3. The van der Waals surface area contributed by atoms with E-state index < -0.39 is 11.1 Å². The number of ether oxygens (including phenoxy) is 1. The molecule has 0 saturated carbocycles. The molecule has 0 aliphatic heterocycles. The number of hydrogen-bond donors (Lipinski definition) is 2. The molecule has 0 atom stereocenters. The topological polar surface area (TPSA) is 58.6 Å². The summed E-state index contributed by atoms with van der Waals surface area (Å²) in [6, 6.07) is 6.02. The first-order chi connectivity index (χ1) is 9.69. The third kappa shape index (κ3) is 3.76. The third-order valence-electron chi connectivity index (χ3n) is 4.42. The van der Waals surface area contributed by atoms with E-state index in [0.717, 1.165) is 18.6 Å². The van der Waals surface area contributed by atoms with Gasteiger partial charge in [0, 0.05) is 0 Å². The van der Waals surface area contributed by atoms with Gasteiger partial charge in [-0.05, 0) is 70.2 Å². The molecule has 0 bridgehead atoms. The number of aliphatic hydroxyl groups is 1. The Morgan fingerprint density at radius 3 is 2.57 bits per heavy atom. The molecule has 0 aromatic heterocycles. The molecule has 1 aromatic carbocycles. The predicted molar refractivity (Wildman–Crippen MR) is 82.5 cm³/mol. The van der Waals surface area contributed by atoms with Crippen molar-refractivity contribution >= 4 is 5.91 Å². The highest BCUT2D eigenvalue weighted by Gasteiger charge is 2.36. The van der Waals surface area contributed by atoms with Gasteiger partial charge in [0.1, 0.15) is 5.75 Å². The first kappa shape index (κ1) is 15.8. The van der Waals surface area contributed by atoms with Crippen molar-refractivity contribution in [3.8, 4) is 5.75 Å². The molecular weight excluding hydrogens is 266 g/mol. The first-order valence-corrected chi connectivity index (χ1v) is 7.47. The van der Waals surface area contributed by atoms with Crippen LogP contribution in [0.4, 0.5) is 0 Å². The highest BCUT2D eigenvalue weighted by Crippen LogP contribution is 2.26. The van der Waals surface area contributed by atoms with Gasteiger partial charge in [-0.1, -0.05) is 6.07 Å². The number of carbonyl (C=O) groups is 1. The maximum absolute atomic E-state index is 12.0. The molecule has 1 aliphatic rings. The minimum Gasteiger partial charge on any atom is -0.484 e. The number of amides is 1. The lowest BCUT2D eigenvalue weighted by Crippen LogP contribution is -2.58. The highest BCUT2D eigenvalue weighted by molar-refractivity contribution is 5.78. The summed E-state index contributed by atoms with van der Waals surface area (Å²) < 4.78 is 5.56. The van der Waals surface area contributed by atoms with Crippen molar-refractivity contribution < 1.29 is 14.6 Å². The Morgan fingerprint density at radius 2 is 1.90 bits per heavy atom. The molecule has 1 aromatic rings. The Hall–Kier alpha value is -1.55. The van der Waals surface area contributed by atoms with Gasteiger partial charge in [0.25, 0.3) is 5.91 Å². The largest absolute Gasteiger partial charge is 0.484 e. The molecule has 0 unspecified atom stereocenters. The van der Waals surface area contributed by atoms with Crippen molar-refractivity contribution in [3.63, 3.8) is 0 Å². The molecule has 21 heavy (non-hydrogen) atoms. The van der Waals surface area contributed by atoms with E-state index in [-0.39, 0.29) is 12.5 Å². The maximum Gasteiger partial charge on any atom is 0.258 e. The van der Waals surface area contributed by atoms with Gasteiger partial charge in [-0.15, -0.1) is 0 Å². The second kappa shape index (κ2) is 5.68. The van der Waals surface area contributed by atoms with Gasteiger partial charge in [-0.25, -0.2) is 0 Å². The summed E-state index contributed by atoms with van der Waals surface area (Å²) in [6.07, 6.45) is 3.42. The quantitative estimate of drug-likeness (QED) is 0.874. The molecule has 0 fully saturated rings. The van der Waals surface area contributed by atoms with Crippen LogP contribution in [0.5, 0.6) is 5.75 Å². The normalized spacial score (nSPS) is 14.7. The fourth-order valence-electron chi connectivity index (χ4n) is 2.32. The zero-order chi connectivity index (χ0) is 15.7. The van der Waals surface area contributed by atoms with Crippen molar-refractivity contribution in [2.45, 2.75) is 58.1 Å². The standard InChI is InChI=1S/C17H25NO3/c1-16(2,17(3,4)20)18-15(19)11-21-14-9-8-12-6-5-7-13(12)10-14/h8-10,20H,5-7,11H2,1-4H3,(H,18,19). The smallest absolute Gasteiger partial charge is 0.258 e. The Labute approximate surface area is 126 Å². The van der Waals surface area contributed by atoms with E-state index in [9.17, 15) is 9.90 Å². The zero-order valence-corrected chi connectivity index (χ0v) is 13.3. The van der Waals surface area contributed by atoms with Crippen LogP contribution in [0.2, 0.25) is 0 Å². The molecule has 1 aliphatic carbocycles. The van der Waals surface area contributed by atoms with Crippen LogP contribution in [0.25, 0.3) is 0 Å². The number of carbonyl (C=O) groups excluding carboxylic acids is 1. The van der Waals surface area contributed by atoms with Crippen molar-refractivity contribution in [1.82, 2.24) is 5.32 Å². The van der Waals surface area contributed by atoms with Crippen LogP contribution in [-0.2, 0) is 17.6 Å². The molecule has 4 heteroatoms. The minimum absolute atomic E-state index is 0.0434. The van der Waals surface area contributed by atoms with Crippen LogP contribution in [0, 0.1) is 0 Å². The van der Waals surface area contributed by atoms with Gasteiger partial charge in [-0.2, -0.15) is 0 Å². The van der Waals surface area contributed by atoms with E-state index in [2.05, 4.69) is 11.4 Å². The highest BCUT2D eigenvalue weighted by atomic mass is 16.5. The van der Waals surface area contributed by atoms with Crippen LogP contribution >= 0.6 is 0 Å². The number of benzene rings is 1. The van der Waals surface area contributed by atoms with Crippen LogP contribution in [0.1, 0.15) is 45.2 Å². The SMILES string of the molecule is CC(C)(O)C(C)(C)NC(=O)COc1ccc2c(c1)CCC2. The van der Waals surface area contributed by atoms with E-state index in [0.29, 0.717) is 0 Å². The zero-order valence-electron chi connectivity index (χ0n) is 13.3. The summed E-state index contributed by atoms with van der Waals surface area (Å²) in [5.74, 6) is 0.495. The lowest BCUT2D eigenvalue weighted by atomic mass is 9.86. The summed E-state index contributed by atoms with van der Waals surface area (Å²) in [4.78, 5) is 12.0. The molecule has 0 radical (unpaired) electrons. The van der Waals surface area contributed by atoms with Crippen LogP contribution in [0.3, 0.4) is 0 Å². The van der Waals surface area contributed by atoms with E-state index in [4.69, 9.17) is 4.74 Å². The Morgan fingerprint density at radius 1 is 1.24 bits per heavy atom. The lowest BCUT2D eigenvalue weighted by Gasteiger charge is -2.37. The summed E-state index contributed by atoms with van der Waals surface area (Å²) in [7, 11) is 0. The molecule has 2 N–H and O–H groups in total. The van der Waals surface area contributed by atoms with Gasteiger partial charge < -0.3 is 15.2 Å². The average Bonchev–Trinajstić information content (AvgIpc) is 2.81. The molecule has 0 saturated heterocycles. The predicted octanol–water partition coefficient (Wildman–Crippen LogP) is 2.22. The Balaban J connectivity index is 1.90. The van der Waals surface area contributed by atoms with Crippen molar-refractivity contribution in [3.05, 3.63) is 29.3 Å². The van der Waals surface area contributed by atoms with Crippen molar-refractivity contribution in [2.24, 2.45) is 0 Å². The second-order valence-electron chi connectivity index (χ2n) is 6.80. The molecule has 2 rings (SSSR count). The summed E-state index contributed by atoms with van der Waals surface area (Å²) in [5.41, 5.74) is 0.987. The van der Waals surface area contributed by atoms with Crippen LogP contribution < -0.4 is 10.1 Å². The fourth-order valence-corrected chi connectivity index (χ4v) is 2.32. The Kier molecular flexibility index (Phi) is 4.28. The first-order valence-electron chi connectivity index (χ1n) is 7.47. The van der Waals surface area contributed by atoms with Gasteiger partial charge in [0.2, 0.25) is 0 Å². The van der Waals surface area contributed by atoms with Gasteiger partial charge in [-0.3, -0.25) is 4.79 Å². The molecular formula is C17H25NO3. The van der Waals surface area contributed by atoms with Crippen molar-refractivity contribution in [2.75, 3.05) is 6.61 Å². The lowest BCUT2D eigenvalue weighted by molar-refractivity contribution is -0.128. The molecule has 1 amide bonds. The maximum atomic E-state index is 12.0. The fraction of sp³-hybridized carbons (Fsp3) is 0.588. The average molecular weight is 291 g/mol. The number of aryl methyl sites for hydroxylation is 2. The van der Waals surface area contributed by atoms with E-state index in [1.807, 2.05) is 12.1 Å². The monoisotopic (exact) mass is 291 g/mol. The van der Waals surface area contributed by atoms with Crippen LogP contribution in [0.15, 0.2) is 18.2 Å². The van der Waals surface area contributed by atoms with Gasteiger partial charge in [0.05, 0.1) is 11.1 Å². The second-order valence-corrected chi connectivity index (χ2v) is 6.80. The summed E-state index contributed by atoms with van der Waals surface area (Å²) >= 11 is 0. The molecule has 0 heterocycles. The molecule has 0 spiro atoms. The number of fused-ring (bicyclic) bond motifs is 1. The molecule has 116 valence electrons. The minimum atomic E-state index is -1.00. The van der Waals surface area contributed by atoms with Crippen LogP contribution in [-0.4, -0.2) is 28.8 Å². The summed E-state index contributed by atoms with van der Waals surface area (Å²) in [5, 5.41) is 12.8. The van der Waals surface area contributed by atoms with Gasteiger partial charge in [0.15, 0.2) is 6.61 Å².